The lowest BCUT2D eigenvalue weighted by Crippen LogP contribution is -2.14. The number of carbonyl (C=O) groups excluding carboxylic acids is 1. The molecule has 8 heterocycles. The topological polar surface area (TPSA) is 304 Å². The van der Waals surface area contributed by atoms with Gasteiger partial charge in [-0.1, -0.05) is 0 Å². The van der Waals surface area contributed by atoms with E-state index in [2.05, 4.69) is 54.8 Å². The molecule has 8 rings (SSSR count). The van der Waals surface area contributed by atoms with Crippen LogP contribution < -0.4 is 6.15 Å². The molecule has 0 fully saturated rings. The maximum atomic E-state index is 11.4. The van der Waals surface area contributed by atoms with Crippen LogP contribution in [-0.2, 0) is 48.6 Å². The van der Waals surface area contributed by atoms with E-state index in [-0.39, 0.29) is 30.7 Å². The second-order valence-electron chi connectivity index (χ2n) is 10.9. The van der Waals surface area contributed by atoms with Gasteiger partial charge in [0.05, 0.1) is 6.61 Å². The van der Waals surface area contributed by atoms with Crippen molar-refractivity contribution in [1.29, 1.82) is 0 Å². The van der Waals surface area contributed by atoms with Gasteiger partial charge in [0.1, 0.15) is 13.1 Å². The molecule has 0 amide bonds. The van der Waals surface area contributed by atoms with Gasteiger partial charge in [0.15, 0.2) is 46.6 Å². The van der Waals surface area contributed by atoms with E-state index in [0.717, 1.165) is 29.1 Å². The highest BCUT2D eigenvalue weighted by Crippen LogP contribution is 2.15. The standard InChI is InChI=1S/C11H14N4O2.C9H10N4O2.C7H8N4.C6H6N4.H3N.H2O/c1-3-17-9(16)8-15-7-5-13-11(15)10-12-4-6-14(10)2;1-12-4-2-10-8(12)9-11-3-5-13(9)6-7(14)15;1-11-5-4-10-7(11)6-8-2-3-9-6;1-2-8-5(7-1)6-9-3-4-10-6;;/h4-7H,3,8H2,1-2H3;2-5H,6H2,1H3,(H,14,15);2-5H,1H3,(H,8,9);1-4H,(H,7,8)(H,9,10);1H3;1H2/p-1. The molecule has 290 valence electrons. The lowest BCUT2D eigenvalue weighted by atomic mass is 10.5. The van der Waals surface area contributed by atoms with Crippen molar-refractivity contribution < 1.29 is 24.9 Å². The van der Waals surface area contributed by atoms with E-state index in [0.29, 0.717) is 24.1 Å². The van der Waals surface area contributed by atoms with Crippen molar-refractivity contribution in [2.75, 3.05) is 6.61 Å². The van der Waals surface area contributed by atoms with Crippen molar-refractivity contribution in [2.45, 2.75) is 20.0 Å². The van der Waals surface area contributed by atoms with E-state index in [9.17, 15) is 9.59 Å². The SMILES string of the molecule is CCOC(=O)Cn1ccnc1-c1nccn1C.Cn1ccnc1-c1ncc[nH]1.Cn1ccnc1-c1nccn1CC(=O)O.N.[OH-].c1c[nH]c(-c2ncc[nH]2)n1. The molecule has 22 nitrogen and oxygen atoms in total. The number of carboxylic acid groups (broad SMARTS) is 1. The Morgan fingerprint density at radius 1 is 0.564 bits per heavy atom. The van der Waals surface area contributed by atoms with Gasteiger partial charge >= 0.3 is 11.9 Å². The maximum Gasteiger partial charge on any atom is 0.326 e. The number of ether oxygens (including phenoxy) is 1. The van der Waals surface area contributed by atoms with Crippen LogP contribution in [0.4, 0.5) is 0 Å². The molecule has 0 unspecified atom stereocenters. The van der Waals surface area contributed by atoms with E-state index < -0.39 is 5.97 Å². The van der Waals surface area contributed by atoms with Crippen molar-refractivity contribution in [3.8, 4) is 46.6 Å². The van der Waals surface area contributed by atoms with Crippen LogP contribution >= 0.6 is 0 Å². The van der Waals surface area contributed by atoms with Crippen LogP contribution in [0.25, 0.3) is 46.6 Å². The minimum Gasteiger partial charge on any atom is -0.870 e. The maximum absolute atomic E-state index is 11.4. The Hall–Kier alpha value is -7.46. The number of imidazole rings is 8. The fourth-order valence-corrected chi connectivity index (χ4v) is 4.71. The number of aryl methyl sites for hydroxylation is 3. The first-order valence-electron chi connectivity index (χ1n) is 16.1. The normalized spacial score (nSPS) is 9.96. The fraction of sp³-hybridized carbons (Fsp3) is 0.212. The second-order valence-corrected chi connectivity index (χ2v) is 10.9. The number of esters is 1. The van der Waals surface area contributed by atoms with Crippen LogP contribution in [0.15, 0.2) is 99.1 Å². The Labute approximate surface area is 313 Å². The third-order valence-corrected chi connectivity index (χ3v) is 7.14. The zero-order valence-corrected chi connectivity index (χ0v) is 30.5. The van der Waals surface area contributed by atoms with Crippen molar-refractivity contribution in [2.24, 2.45) is 21.1 Å². The Morgan fingerprint density at radius 2 is 0.945 bits per heavy atom. The minimum absolute atomic E-state index is 0. The monoisotopic (exact) mass is 756 g/mol. The van der Waals surface area contributed by atoms with E-state index in [1.54, 1.807) is 107 Å². The zero-order chi connectivity index (χ0) is 37.6. The number of carbonyl (C=O) groups is 2. The van der Waals surface area contributed by atoms with E-state index in [4.69, 9.17) is 9.84 Å². The smallest absolute Gasteiger partial charge is 0.326 e. The van der Waals surface area contributed by atoms with Crippen LogP contribution in [0.2, 0.25) is 0 Å². The van der Waals surface area contributed by atoms with E-state index >= 15 is 0 Å². The van der Waals surface area contributed by atoms with Gasteiger partial charge < -0.3 is 59.3 Å². The van der Waals surface area contributed by atoms with Crippen LogP contribution in [0.5, 0.6) is 0 Å². The molecule has 22 heteroatoms. The number of carboxylic acids is 1. The van der Waals surface area contributed by atoms with Gasteiger partial charge in [-0.3, -0.25) is 9.59 Å². The van der Waals surface area contributed by atoms with Crippen molar-refractivity contribution in [1.82, 2.24) is 83.8 Å². The summed E-state index contributed by atoms with van der Waals surface area (Å²) in [7, 11) is 5.65. The molecule has 8 N–H and O–H groups in total. The predicted molar refractivity (Wildman–Crippen MR) is 197 cm³/mol. The molecule has 8 aromatic heterocycles. The molecule has 55 heavy (non-hydrogen) atoms. The first-order valence-corrected chi connectivity index (χ1v) is 16.1. The molecule has 0 saturated heterocycles. The molecule has 0 aliphatic carbocycles. The number of aliphatic carboxylic acids is 1. The van der Waals surface area contributed by atoms with Crippen molar-refractivity contribution in [3.05, 3.63) is 99.1 Å². The molecule has 8 aromatic rings. The number of nitrogens with one attached hydrogen (secondary N) is 3. The minimum atomic E-state index is -0.900. The molecule has 0 atom stereocenters. The van der Waals surface area contributed by atoms with Gasteiger partial charge in [-0.25, -0.2) is 39.9 Å². The summed E-state index contributed by atoms with van der Waals surface area (Å²) in [5.74, 6) is 4.61. The Morgan fingerprint density at radius 3 is 1.31 bits per heavy atom. The largest absolute Gasteiger partial charge is 0.870 e. The zero-order valence-electron chi connectivity index (χ0n) is 30.5. The van der Waals surface area contributed by atoms with E-state index in [1.807, 2.05) is 42.7 Å². The molecular weight excluding hydrogens is 714 g/mol. The van der Waals surface area contributed by atoms with Crippen LogP contribution in [0.3, 0.4) is 0 Å². The van der Waals surface area contributed by atoms with E-state index in [1.165, 1.54) is 0 Å². The van der Waals surface area contributed by atoms with Crippen LogP contribution in [0, 0.1) is 0 Å². The number of aromatic nitrogens is 16. The number of hydrogen-bond donors (Lipinski definition) is 5. The van der Waals surface area contributed by atoms with Gasteiger partial charge in [-0.15, -0.1) is 0 Å². The number of aromatic amines is 3. The van der Waals surface area contributed by atoms with Crippen molar-refractivity contribution >= 4 is 11.9 Å². The molecule has 0 aliphatic heterocycles. The number of H-pyrrole nitrogens is 3. The molecule has 0 radical (unpaired) electrons. The average Bonchev–Trinajstić information content (AvgIpc) is 3.96. The summed E-state index contributed by atoms with van der Waals surface area (Å²) in [6.45, 7) is 2.20. The summed E-state index contributed by atoms with van der Waals surface area (Å²) in [6.07, 6.45) is 27.6. The molecule has 0 bridgehead atoms. The lowest BCUT2D eigenvalue weighted by molar-refractivity contribution is -0.143. The summed E-state index contributed by atoms with van der Waals surface area (Å²) in [6, 6.07) is 0. The van der Waals surface area contributed by atoms with Gasteiger partial charge in [0.25, 0.3) is 0 Å². The number of hydrogen-bond acceptors (Lipinski definition) is 13. The van der Waals surface area contributed by atoms with Gasteiger partial charge in [-0.05, 0) is 6.92 Å². The van der Waals surface area contributed by atoms with Gasteiger partial charge in [0, 0.05) is 120 Å². The number of rotatable bonds is 9. The number of nitrogens with zero attached hydrogens (tertiary/aromatic N) is 13. The van der Waals surface area contributed by atoms with Crippen LogP contribution in [-0.4, -0.2) is 107 Å². The average molecular weight is 757 g/mol. The third-order valence-electron chi connectivity index (χ3n) is 7.14. The highest BCUT2D eigenvalue weighted by molar-refractivity contribution is 5.70. The highest BCUT2D eigenvalue weighted by Gasteiger charge is 2.14. The first-order chi connectivity index (χ1) is 25.7. The Kier molecular flexibility index (Phi) is 15.7. The summed E-state index contributed by atoms with van der Waals surface area (Å²) < 4.78 is 13.7. The quantitative estimate of drug-likeness (QED) is 0.132. The van der Waals surface area contributed by atoms with Gasteiger partial charge in [0.2, 0.25) is 0 Å². The highest BCUT2D eigenvalue weighted by atomic mass is 16.5. The molecule has 0 spiro atoms. The van der Waals surface area contributed by atoms with Crippen LogP contribution in [0.1, 0.15) is 6.92 Å². The van der Waals surface area contributed by atoms with Crippen molar-refractivity contribution in [3.63, 3.8) is 0 Å². The summed E-state index contributed by atoms with van der Waals surface area (Å²) in [5, 5.41) is 8.70. The molecule has 0 aliphatic rings. The van der Waals surface area contributed by atoms with Gasteiger partial charge in [-0.2, -0.15) is 0 Å². The fourth-order valence-electron chi connectivity index (χ4n) is 4.71. The predicted octanol–water partition coefficient (Wildman–Crippen LogP) is 2.81. The molecule has 0 aromatic carbocycles. The lowest BCUT2D eigenvalue weighted by Gasteiger charge is -2.06. The first kappa shape index (κ1) is 42.0. The molecule has 0 saturated carbocycles. The third kappa shape index (κ3) is 11.3. The second kappa shape index (κ2) is 20.5. The Balaban J connectivity index is 0.000000198. The molecular formula is C33H42N17O5-. The summed E-state index contributed by atoms with van der Waals surface area (Å²) in [5.41, 5.74) is 0. The Bertz CT molecular complexity index is 2230. The summed E-state index contributed by atoms with van der Waals surface area (Å²) in [4.78, 5) is 63.7. The summed E-state index contributed by atoms with van der Waals surface area (Å²) >= 11 is 0.